The second-order valence-corrected chi connectivity index (χ2v) is 4.16. The van der Waals surface area contributed by atoms with Gasteiger partial charge in [0.05, 0.1) is 30.4 Å². The summed E-state index contributed by atoms with van der Waals surface area (Å²) in [7, 11) is 0. The molecular weight excluding hydrogens is 202 g/mol. The van der Waals surface area contributed by atoms with Gasteiger partial charge < -0.3 is 9.64 Å². The third kappa shape index (κ3) is 2.15. The number of nitriles is 1. The molecule has 84 valence electrons. The van der Waals surface area contributed by atoms with Gasteiger partial charge in [-0.3, -0.25) is 0 Å². The van der Waals surface area contributed by atoms with Crippen molar-refractivity contribution in [2.24, 2.45) is 0 Å². The van der Waals surface area contributed by atoms with Gasteiger partial charge in [-0.05, 0) is 26.0 Å². The van der Waals surface area contributed by atoms with Crippen LogP contribution >= 0.6 is 0 Å². The van der Waals surface area contributed by atoms with Gasteiger partial charge in [0.2, 0.25) is 0 Å². The zero-order valence-electron chi connectivity index (χ0n) is 9.55. The van der Waals surface area contributed by atoms with Gasteiger partial charge in [0, 0.05) is 12.7 Å². The summed E-state index contributed by atoms with van der Waals surface area (Å²) in [5, 5.41) is 8.86. The molecule has 4 heteroatoms. The first kappa shape index (κ1) is 10.9. The molecule has 0 amide bonds. The van der Waals surface area contributed by atoms with Gasteiger partial charge in [0.1, 0.15) is 5.82 Å². The normalized spacial score (nSPS) is 25.2. The van der Waals surface area contributed by atoms with Crippen LogP contribution in [0.3, 0.4) is 0 Å². The molecule has 4 nitrogen and oxygen atoms in total. The fraction of sp³-hybridized carbons (Fsp3) is 0.500. The molecule has 1 saturated heterocycles. The van der Waals surface area contributed by atoms with Crippen LogP contribution in [-0.2, 0) is 4.74 Å². The lowest BCUT2D eigenvalue weighted by Gasteiger charge is -2.37. The topological polar surface area (TPSA) is 49.2 Å². The Bertz CT molecular complexity index is 413. The van der Waals surface area contributed by atoms with Crippen molar-refractivity contribution in [2.45, 2.75) is 26.0 Å². The second kappa shape index (κ2) is 4.50. The van der Waals surface area contributed by atoms with E-state index in [4.69, 9.17) is 10.00 Å². The van der Waals surface area contributed by atoms with Gasteiger partial charge in [0.25, 0.3) is 0 Å². The lowest BCUT2D eigenvalue weighted by molar-refractivity contribution is 0.0340. The molecule has 0 radical (unpaired) electrons. The Labute approximate surface area is 95.5 Å². The fourth-order valence-corrected chi connectivity index (χ4v) is 1.87. The highest BCUT2D eigenvalue weighted by Gasteiger charge is 2.24. The number of ether oxygens (including phenoxy) is 1. The summed E-state index contributed by atoms with van der Waals surface area (Å²) >= 11 is 0. The third-order valence-corrected chi connectivity index (χ3v) is 2.78. The Morgan fingerprint density at radius 3 is 3.12 bits per heavy atom. The summed E-state index contributed by atoms with van der Waals surface area (Å²) in [4.78, 5) is 6.50. The maximum absolute atomic E-state index is 8.86. The molecule has 0 spiro atoms. The lowest BCUT2D eigenvalue weighted by atomic mass is 10.2. The fourth-order valence-electron chi connectivity index (χ4n) is 1.87. The number of nitrogens with zero attached hydrogens (tertiary/aromatic N) is 3. The number of hydrogen-bond donors (Lipinski definition) is 0. The van der Waals surface area contributed by atoms with Crippen LogP contribution in [0.1, 0.15) is 19.4 Å². The summed E-state index contributed by atoms with van der Waals surface area (Å²) in [5.74, 6) is 0.863. The van der Waals surface area contributed by atoms with Crippen molar-refractivity contribution < 1.29 is 4.74 Å². The molecule has 1 aliphatic heterocycles. The molecule has 1 aromatic heterocycles. The first-order valence-electron chi connectivity index (χ1n) is 5.45. The van der Waals surface area contributed by atoms with E-state index in [0.29, 0.717) is 18.2 Å². The summed E-state index contributed by atoms with van der Waals surface area (Å²) in [6.07, 6.45) is 1.89. The van der Waals surface area contributed by atoms with E-state index in [9.17, 15) is 0 Å². The molecular formula is C12H15N3O. The molecule has 1 aromatic rings. The van der Waals surface area contributed by atoms with E-state index in [-0.39, 0.29) is 6.10 Å². The van der Waals surface area contributed by atoms with Gasteiger partial charge in [-0.2, -0.15) is 5.26 Å². The average Bonchev–Trinajstić information content (AvgIpc) is 2.32. The van der Waals surface area contributed by atoms with Gasteiger partial charge in [-0.25, -0.2) is 4.98 Å². The molecule has 2 heterocycles. The van der Waals surface area contributed by atoms with Crippen molar-refractivity contribution in [3.63, 3.8) is 0 Å². The van der Waals surface area contributed by atoms with E-state index >= 15 is 0 Å². The van der Waals surface area contributed by atoms with Crippen molar-refractivity contribution in [1.29, 1.82) is 5.26 Å². The van der Waals surface area contributed by atoms with E-state index in [1.807, 2.05) is 13.0 Å². The Kier molecular flexibility index (Phi) is 3.07. The molecule has 2 unspecified atom stereocenters. The predicted molar refractivity (Wildman–Crippen MR) is 61.2 cm³/mol. The van der Waals surface area contributed by atoms with Crippen LogP contribution in [0.2, 0.25) is 0 Å². The Morgan fingerprint density at radius 2 is 2.38 bits per heavy atom. The minimum atomic E-state index is 0.212. The second-order valence-electron chi connectivity index (χ2n) is 4.16. The molecule has 2 rings (SSSR count). The van der Waals surface area contributed by atoms with Crippen molar-refractivity contribution in [3.8, 4) is 6.07 Å². The standard InChI is InChI=1S/C12H15N3O/c1-9-8-16-10(2)7-15(9)12-5-11(6-13)3-4-14-12/h3-5,9-10H,7-8H2,1-2H3. The van der Waals surface area contributed by atoms with E-state index < -0.39 is 0 Å². The summed E-state index contributed by atoms with van der Waals surface area (Å²) in [6.45, 7) is 5.68. The summed E-state index contributed by atoms with van der Waals surface area (Å²) < 4.78 is 5.56. The van der Waals surface area contributed by atoms with Crippen molar-refractivity contribution in [2.75, 3.05) is 18.1 Å². The Balaban J connectivity index is 2.25. The van der Waals surface area contributed by atoms with Crippen LogP contribution in [0, 0.1) is 11.3 Å². The third-order valence-electron chi connectivity index (χ3n) is 2.78. The van der Waals surface area contributed by atoms with Crippen LogP contribution in [0.4, 0.5) is 5.82 Å². The highest BCUT2D eigenvalue weighted by atomic mass is 16.5. The molecule has 0 bridgehead atoms. The molecule has 16 heavy (non-hydrogen) atoms. The lowest BCUT2D eigenvalue weighted by Crippen LogP contribution is -2.47. The molecule has 2 atom stereocenters. The molecule has 1 fully saturated rings. The first-order chi connectivity index (χ1) is 7.70. The van der Waals surface area contributed by atoms with Gasteiger partial charge in [-0.1, -0.05) is 0 Å². The highest BCUT2D eigenvalue weighted by Crippen LogP contribution is 2.20. The minimum absolute atomic E-state index is 0.212. The predicted octanol–water partition coefficient (Wildman–Crippen LogP) is 1.57. The maximum atomic E-state index is 8.86. The van der Waals surface area contributed by atoms with Crippen LogP contribution < -0.4 is 4.90 Å². The van der Waals surface area contributed by atoms with Crippen molar-refractivity contribution in [1.82, 2.24) is 4.98 Å². The van der Waals surface area contributed by atoms with Crippen molar-refractivity contribution in [3.05, 3.63) is 23.9 Å². The smallest absolute Gasteiger partial charge is 0.130 e. The number of pyridine rings is 1. The van der Waals surface area contributed by atoms with Gasteiger partial charge in [-0.15, -0.1) is 0 Å². The molecule has 0 aromatic carbocycles. The number of anilines is 1. The molecule has 0 saturated carbocycles. The SMILES string of the molecule is CC1CN(c2cc(C#N)ccn2)C(C)CO1. The van der Waals surface area contributed by atoms with Gasteiger partial charge >= 0.3 is 0 Å². The monoisotopic (exact) mass is 217 g/mol. The number of rotatable bonds is 1. The molecule has 1 aliphatic rings. The quantitative estimate of drug-likeness (QED) is 0.716. The van der Waals surface area contributed by atoms with Crippen molar-refractivity contribution >= 4 is 5.82 Å². The van der Waals surface area contributed by atoms with E-state index in [2.05, 4.69) is 22.9 Å². The molecule has 0 aliphatic carbocycles. The van der Waals surface area contributed by atoms with Crippen LogP contribution in [0.5, 0.6) is 0 Å². The zero-order chi connectivity index (χ0) is 11.5. The number of aromatic nitrogens is 1. The maximum Gasteiger partial charge on any atom is 0.130 e. The van der Waals surface area contributed by atoms with Crippen LogP contribution in [0.15, 0.2) is 18.3 Å². The van der Waals surface area contributed by atoms with E-state index in [0.717, 1.165) is 12.4 Å². The van der Waals surface area contributed by atoms with E-state index in [1.54, 1.807) is 12.3 Å². The minimum Gasteiger partial charge on any atom is -0.375 e. The number of hydrogen-bond acceptors (Lipinski definition) is 4. The average molecular weight is 217 g/mol. The Hall–Kier alpha value is -1.60. The number of morpholine rings is 1. The largest absolute Gasteiger partial charge is 0.375 e. The van der Waals surface area contributed by atoms with Crippen LogP contribution in [-0.4, -0.2) is 30.3 Å². The first-order valence-corrected chi connectivity index (χ1v) is 5.45. The summed E-state index contributed by atoms with van der Waals surface area (Å²) in [6, 6.07) is 5.99. The Morgan fingerprint density at radius 1 is 1.56 bits per heavy atom. The van der Waals surface area contributed by atoms with E-state index in [1.165, 1.54) is 0 Å². The summed E-state index contributed by atoms with van der Waals surface area (Å²) in [5.41, 5.74) is 0.649. The molecule has 0 N–H and O–H groups in total. The van der Waals surface area contributed by atoms with Gasteiger partial charge in [0.15, 0.2) is 0 Å². The highest BCUT2D eigenvalue weighted by molar-refractivity contribution is 5.46. The van der Waals surface area contributed by atoms with Crippen LogP contribution in [0.25, 0.3) is 0 Å². The zero-order valence-corrected chi connectivity index (χ0v) is 9.55.